The van der Waals surface area contributed by atoms with Gasteiger partial charge in [-0.1, -0.05) is 15.9 Å². The topological polar surface area (TPSA) is 67.9 Å². The number of aryl methyl sites for hydroxylation is 1. The standard InChI is InChI=1S/C16H16BrN3O2/c1-11-9-13(5-8-15(11)17)20(16(18)21)19-10-12-3-6-14(22-2)7-4-12/h3-10H,1-2H3,(H2,18,21). The van der Waals surface area contributed by atoms with Crippen LogP contribution in [-0.2, 0) is 0 Å². The largest absolute Gasteiger partial charge is 0.497 e. The minimum absolute atomic E-state index is 0.609. The maximum atomic E-state index is 11.6. The van der Waals surface area contributed by atoms with Crippen molar-refractivity contribution in [2.45, 2.75) is 6.92 Å². The van der Waals surface area contributed by atoms with E-state index in [4.69, 9.17) is 10.5 Å². The van der Waals surface area contributed by atoms with E-state index >= 15 is 0 Å². The second-order valence-electron chi connectivity index (χ2n) is 4.60. The second kappa shape index (κ2) is 7.09. The molecule has 0 aliphatic rings. The van der Waals surface area contributed by atoms with Crippen molar-refractivity contribution in [2.24, 2.45) is 10.8 Å². The number of rotatable bonds is 4. The summed E-state index contributed by atoms with van der Waals surface area (Å²) in [4.78, 5) is 11.6. The number of halogens is 1. The quantitative estimate of drug-likeness (QED) is 0.666. The zero-order valence-corrected chi connectivity index (χ0v) is 13.9. The van der Waals surface area contributed by atoms with Gasteiger partial charge in [0, 0.05) is 4.47 Å². The molecule has 2 amide bonds. The van der Waals surface area contributed by atoms with E-state index in [0.29, 0.717) is 5.69 Å². The van der Waals surface area contributed by atoms with Gasteiger partial charge in [-0.2, -0.15) is 10.1 Å². The van der Waals surface area contributed by atoms with Crippen molar-refractivity contribution in [2.75, 3.05) is 12.1 Å². The lowest BCUT2D eigenvalue weighted by atomic mass is 10.2. The van der Waals surface area contributed by atoms with Gasteiger partial charge in [-0.15, -0.1) is 0 Å². The molecule has 2 aromatic carbocycles. The van der Waals surface area contributed by atoms with Crippen molar-refractivity contribution >= 4 is 33.9 Å². The van der Waals surface area contributed by atoms with Crippen LogP contribution in [0.5, 0.6) is 5.75 Å². The first-order valence-electron chi connectivity index (χ1n) is 6.55. The van der Waals surface area contributed by atoms with Crippen LogP contribution in [0.15, 0.2) is 52.0 Å². The van der Waals surface area contributed by atoms with E-state index in [0.717, 1.165) is 26.4 Å². The van der Waals surface area contributed by atoms with E-state index in [9.17, 15) is 4.79 Å². The Bertz CT molecular complexity index is 699. The van der Waals surface area contributed by atoms with Crippen LogP contribution in [-0.4, -0.2) is 19.4 Å². The summed E-state index contributed by atoms with van der Waals surface area (Å²) in [6.45, 7) is 1.93. The number of methoxy groups -OCH3 is 1. The van der Waals surface area contributed by atoms with Gasteiger partial charge in [0.15, 0.2) is 0 Å². The molecule has 0 aliphatic heterocycles. The Morgan fingerprint density at radius 2 is 1.95 bits per heavy atom. The maximum absolute atomic E-state index is 11.6. The van der Waals surface area contributed by atoms with Crippen molar-refractivity contribution in [1.82, 2.24) is 0 Å². The highest BCUT2D eigenvalue weighted by Crippen LogP contribution is 2.23. The number of hydrogen-bond donors (Lipinski definition) is 1. The Labute approximate surface area is 137 Å². The number of hydrazone groups is 1. The summed E-state index contributed by atoms with van der Waals surface area (Å²) < 4.78 is 6.05. The third kappa shape index (κ3) is 3.85. The van der Waals surface area contributed by atoms with Crippen molar-refractivity contribution in [3.05, 3.63) is 58.1 Å². The summed E-state index contributed by atoms with van der Waals surface area (Å²) in [6.07, 6.45) is 1.57. The molecule has 0 unspecified atom stereocenters. The van der Waals surface area contributed by atoms with Gasteiger partial charge in [-0.25, -0.2) is 4.79 Å². The smallest absolute Gasteiger partial charge is 0.340 e. The summed E-state index contributed by atoms with van der Waals surface area (Å²) in [7, 11) is 1.60. The van der Waals surface area contributed by atoms with Gasteiger partial charge in [0.25, 0.3) is 0 Å². The van der Waals surface area contributed by atoms with Crippen LogP contribution in [0.2, 0.25) is 0 Å². The highest BCUT2D eigenvalue weighted by molar-refractivity contribution is 9.10. The monoisotopic (exact) mass is 361 g/mol. The number of nitrogens with two attached hydrogens (primary N) is 1. The summed E-state index contributed by atoms with van der Waals surface area (Å²) >= 11 is 3.42. The predicted octanol–water partition coefficient (Wildman–Crippen LogP) is 3.69. The van der Waals surface area contributed by atoms with Crippen molar-refractivity contribution in [3.63, 3.8) is 0 Å². The lowest BCUT2D eigenvalue weighted by Gasteiger charge is -2.15. The molecule has 6 heteroatoms. The van der Waals surface area contributed by atoms with Crippen molar-refractivity contribution in [3.8, 4) is 5.75 Å². The summed E-state index contributed by atoms with van der Waals surface area (Å²) in [5, 5.41) is 5.32. The fourth-order valence-electron chi connectivity index (χ4n) is 1.83. The molecule has 0 saturated carbocycles. The number of benzene rings is 2. The molecule has 114 valence electrons. The van der Waals surface area contributed by atoms with Crippen LogP contribution >= 0.6 is 15.9 Å². The fourth-order valence-corrected chi connectivity index (χ4v) is 2.07. The second-order valence-corrected chi connectivity index (χ2v) is 5.46. The van der Waals surface area contributed by atoms with Gasteiger partial charge in [-0.05, 0) is 60.5 Å². The van der Waals surface area contributed by atoms with Crippen molar-refractivity contribution < 1.29 is 9.53 Å². The lowest BCUT2D eigenvalue weighted by Crippen LogP contribution is -2.31. The molecule has 0 saturated heterocycles. The number of urea groups is 1. The molecule has 2 aromatic rings. The first kappa shape index (κ1) is 16.0. The van der Waals surface area contributed by atoms with Gasteiger partial charge >= 0.3 is 6.03 Å². The maximum Gasteiger partial charge on any atom is 0.340 e. The number of carbonyl (C=O) groups is 1. The van der Waals surface area contributed by atoms with Crippen LogP contribution in [0, 0.1) is 6.92 Å². The highest BCUT2D eigenvalue weighted by atomic mass is 79.9. The number of primary amides is 1. The Hall–Kier alpha value is -2.34. The molecule has 2 rings (SSSR count). The highest BCUT2D eigenvalue weighted by Gasteiger charge is 2.11. The number of nitrogens with zero attached hydrogens (tertiary/aromatic N) is 2. The third-order valence-electron chi connectivity index (χ3n) is 3.03. The van der Waals surface area contributed by atoms with E-state index < -0.39 is 6.03 Å². The van der Waals surface area contributed by atoms with E-state index in [-0.39, 0.29) is 0 Å². The molecule has 0 spiro atoms. The molecule has 0 bridgehead atoms. The molecular formula is C16H16BrN3O2. The molecular weight excluding hydrogens is 346 g/mol. The molecule has 5 nitrogen and oxygen atoms in total. The molecule has 0 radical (unpaired) electrons. The molecule has 0 heterocycles. The van der Waals surface area contributed by atoms with E-state index in [1.165, 1.54) is 0 Å². The van der Waals surface area contributed by atoms with Crippen LogP contribution < -0.4 is 15.5 Å². The van der Waals surface area contributed by atoms with Crippen LogP contribution in [0.3, 0.4) is 0 Å². The summed E-state index contributed by atoms with van der Waals surface area (Å²) in [5.74, 6) is 0.757. The molecule has 0 fully saturated rings. The van der Waals surface area contributed by atoms with Crippen LogP contribution in [0.1, 0.15) is 11.1 Å². The number of amides is 2. The van der Waals surface area contributed by atoms with Gasteiger partial charge in [-0.3, -0.25) is 0 Å². The van der Waals surface area contributed by atoms with Gasteiger partial charge in [0.2, 0.25) is 0 Å². The van der Waals surface area contributed by atoms with E-state index in [2.05, 4.69) is 21.0 Å². The Kier molecular flexibility index (Phi) is 5.16. The van der Waals surface area contributed by atoms with E-state index in [1.54, 1.807) is 19.4 Å². The number of hydrogen-bond acceptors (Lipinski definition) is 3. The zero-order valence-electron chi connectivity index (χ0n) is 12.3. The Morgan fingerprint density at radius 1 is 1.27 bits per heavy atom. The predicted molar refractivity (Wildman–Crippen MR) is 91.5 cm³/mol. The molecule has 22 heavy (non-hydrogen) atoms. The summed E-state index contributed by atoms with van der Waals surface area (Å²) in [6, 6.07) is 12.1. The molecule has 0 atom stereocenters. The average molecular weight is 362 g/mol. The molecule has 2 N–H and O–H groups in total. The van der Waals surface area contributed by atoms with E-state index in [1.807, 2.05) is 43.3 Å². The first-order chi connectivity index (χ1) is 10.5. The Balaban J connectivity index is 2.25. The third-order valence-corrected chi connectivity index (χ3v) is 3.92. The fraction of sp³-hybridized carbons (Fsp3) is 0.125. The Morgan fingerprint density at radius 3 is 2.50 bits per heavy atom. The van der Waals surface area contributed by atoms with Crippen LogP contribution in [0.4, 0.5) is 10.5 Å². The zero-order chi connectivity index (χ0) is 16.1. The lowest BCUT2D eigenvalue weighted by molar-refractivity contribution is 0.254. The SMILES string of the molecule is COc1ccc(C=NN(C(N)=O)c2ccc(Br)c(C)c2)cc1. The minimum Gasteiger partial charge on any atom is -0.497 e. The average Bonchev–Trinajstić information content (AvgIpc) is 2.51. The molecule has 0 aliphatic carbocycles. The van der Waals surface area contributed by atoms with Gasteiger partial charge in [0.1, 0.15) is 5.75 Å². The first-order valence-corrected chi connectivity index (χ1v) is 7.34. The normalized spacial score (nSPS) is 10.7. The van der Waals surface area contributed by atoms with Crippen molar-refractivity contribution in [1.29, 1.82) is 0 Å². The number of anilines is 1. The molecule has 0 aromatic heterocycles. The van der Waals surface area contributed by atoms with Crippen LogP contribution in [0.25, 0.3) is 0 Å². The van der Waals surface area contributed by atoms with Gasteiger partial charge < -0.3 is 10.5 Å². The number of carbonyl (C=O) groups excluding carboxylic acids is 1. The number of ether oxygens (including phenoxy) is 1. The van der Waals surface area contributed by atoms with Gasteiger partial charge in [0.05, 0.1) is 19.0 Å². The summed E-state index contributed by atoms with van der Waals surface area (Å²) in [5.41, 5.74) is 7.84. The minimum atomic E-state index is -0.647.